The van der Waals surface area contributed by atoms with Crippen LogP contribution < -0.4 is 10.6 Å². The van der Waals surface area contributed by atoms with Gasteiger partial charge in [0.1, 0.15) is 5.82 Å². The molecule has 1 aromatic rings. The number of anilines is 1. The predicted octanol–water partition coefficient (Wildman–Crippen LogP) is 1.47. The van der Waals surface area contributed by atoms with Crippen LogP contribution in [0.2, 0.25) is 0 Å². The molecule has 0 spiro atoms. The van der Waals surface area contributed by atoms with E-state index in [-0.39, 0.29) is 18.1 Å². The molecule has 0 saturated carbocycles. The third-order valence-corrected chi connectivity index (χ3v) is 2.61. The van der Waals surface area contributed by atoms with Gasteiger partial charge in [0.15, 0.2) is 11.5 Å². The molecular formula is C13H20N4O3. The fourth-order valence-electron chi connectivity index (χ4n) is 1.70. The normalized spacial score (nSPS) is 9.95. The molecule has 0 atom stereocenters. The zero-order valence-corrected chi connectivity index (χ0v) is 12.0. The Bertz CT molecular complexity index is 508. The third-order valence-electron chi connectivity index (χ3n) is 2.61. The van der Waals surface area contributed by atoms with Gasteiger partial charge in [-0.25, -0.2) is 14.6 Å². The molecule has 110 valence electrons. The van der Waals surface area contributed by atoms with E-state index in [9.17, 15) is 9.59 Å². The minimum atomic E-state index is -0.513. The summed E-state index contributed by atoms with van der Waals surface area (Å²) < 4.78 is 6.61. The van der Waals surface area contributed by atoms with Crippen LogP contribution in [0.4, 0.5) is 10.6 Å². The smallest absolute Gasteiger partial charge is 0.358 e. The monoisotopic (exact) mass is 280 g/mol. The number of hydrogen-bond donors (Lipinski definition) is 2. The molecule has 0 saturated heterocycles. The number of imidazole rings is 1. The number of urea groups is 1. The molecular weight excluding hydrogens is 260 g/mol. The molecule has 0 aliphatic carbocycles. The molecule has 0 unspecified atom stereocenters. The van der Waals surface area contributed by atoms with Gasteiger partial charge in [-0.2, -0.15) is 0 Å². The Labute approximate surface area is 118 Å². The molecule has 0 aromatic carbocycles. The van der Waals surface area contributed by atoms with E-state index >= 15 is 0 Å². The highest BCUT2D eigenvalue weighted by Gasteiger charge is 2.22. The van der Waals surface area contributed by atoms with Gasteiger partial charge >= 0.3 is 12.0 Å². The highest BCUT2D eigenvalue weighted by atomic mass is 16.5. The first kappa shape index (κ1) is 15.7. The second-order valence-electron chi connectivity index (χ2n) is 3.98. The lowest BCUT2D eigenvalue weighted by atomic mass is 10.4. The van der Waals surface area contributed by atoms with Gasteiger partial charge in [0.05, 0.1) is 6.61 Å². The fraction of sp³-hybridized carbons (Fsp3) is 0.462. The molecule has 1 heterocycles. The summed E-state index contributed by atoms with van der Waals surface area (Å²) in [6, 6.07) is -0.448. The van der Waals surface area contributed by atoms with Crippen molar-refractivity contribution in [1.82, 2.24) is 14.9 Å². The largest absolute Gasteiger partial charge is 0.461 e. The van der Waals surface area contributed by atoms with Crippen LogP contribution in [0, 0.1) is 0 Å². The summed E-state index contributed by atoms with van der Waals surface area (Å²) in [5.74, 6) is 0.373. The molecule has 2 amide bonds. The first-order valence-electron chi connectivity index (χ1n) is 6.43. The number of nitrogens with one attached hydrogen (secondary N) is 2. The SMILES string of the molecule is C=CCNC(=O)Nc1nc(CC)n(C)c1C(=O)OCC. The first-order valence-corrected chi connectivity index (χ1v) is 6.43. The van der Waals surface area contributed by atoms with Gasteiger partial charge in [0, 0.05) is 20.0 Å². The van der Waals surface area contributed by atoms with Gasteiger partial charge in [0.25, 0.3) is 0 Å². The van der Waals surface area contributed by atoms with E-state index in [2.05, 4.69) is 22.2 Å². The van der Waals surface area contributed by atoms with Crippen molar-refractivity contribution in [3.05, 3.63) is 24.2 Å². The number of ether oxygens (including phenoxy) is 1. The molecule has 0 aliphatic heterocycles. The lowest BCUT2D eigenvalue weighted by Crippen LogP contribution is -2.29. The van der Waals surface area contributed by atoms with E-state index in [0.717, 1.165) is 0 Å². The number of esters is 1. The summed E-state index contributed by atoms with van der Waals surface area (Å²) in [4.78, 5) is 27.8. The van der Waals surface area contributed by atoms with E-state index in [1.807, 2.05) is 6.92 Å². The molecule has 0 aliphatic rings. The Kier molecular flexibility index (Phi) is 5.76. The van der Waals surface area contributed by atoms with Crippen molar-refractivity contribution < 1.29 is 14.3 Å². The number of aromatic nitrogens is 2. The standard InChI is InChI=1S/C13H20N4O3/c1-5-8-14-13(19)16-11-10(12(18)20-7-3)17(4)9(6-2)15-11/h5H,1,6-8H2,2-4H3,(H2,14,16,19). The van der Waals surface area contributed by atoms with Gasteiger partial charge < -0.3 is 14.6 Å². The van der Waals surface area contributed by atoms with Crippen LogP contribution in [0.15, 0.2) is 12.7 Å². The summed E-state index contributed by atoms with van der Waals surface area (Å²) in [7, 11) is 1.71. The summed E-state index contributed by atoms with van der Waals surface area (Å²) in [5.41, 5.74) is 0.234. The average molecular weight is 280 g/mol. The zero-order valence-electron chi connectivity index (χ0n) is 12.0. The molecule has 0 bridgehead atoms. The number of amides is 2. The minimum Gasteiger partial charge on any atom is -0.461 e. The van der Waals surface area contributed by atoms with Gasteiger partial charge in [-0.1, -0.05) is 13.0 Å². The van der Waals surface area contributed by atoms with Crippen molar-refractivity contribution in [2.24, 2.45) is 7.05 Å². The molecule has 1 rings (SSSR count). The van der Waals surface area contributed by atoms with Gasteiger partial charge in [-0.15, -0.1) is 6.58 Å². The van der Waals surface area contributed by atoms with E-state index < -0.39 is 12.0 Å². The van der Waals surface area contributed by atoms with Crippen molar-refractivity contribution in [2.75, 3.05) is 18.5 Å². The fourth-order valence-corrected chi connectivity index (χ4v) is 1.70. The number of hydrogen-bond acceptors (Lipinski definition) is 4. The Morgan fingerprint density at radius 3 is 2.70 bits per heavy atom. The maximum atomic E-state index is 11.9. The number of carbonyl (C=O) groups is 2. The summed E-state index contributed by atoms with van der Waals surface area (Å²) in [5, 5.41) is 5.11. The van der Waals surface area contributed by atoms with Crippen molar-refractivity contribution in [3.63, 3.8) is 0 Å². The van der Waals surface area contributed by atoms with Crippen LogP contribution in [-0.4, -0.2) is 34.7 Å². The van der Waals surface area contributed by atoms with E-state index in [1.165, 1.54) is 0 Å². The van der Waals surface area contributed by atoms with Crippen molar-refractivity contribution in [3.8, 4) is 0 Å². The van der Waals surface area contributed by atoms with Crippen molar-refractivity contribution in [1.29, 1.82) is 0 Å². The van der Waals surface area contributed by atoms with Crippen LogP contribution in [0.1, 0.15) is 30.2 Å². The number of nitrogens with zero attached hydrogens (tertiary/aromatic N) is 2. The topological polar surface area (TPSA) is 85.3 Å². The summed E-state index contributed by atoms with van der Waals surface area (Å²) in [6.45, 7) is 7.73. The molecule has 20 heavy (non-hydrogen) atoms. The summed E-state index contributed by atoms with van der Waals surface area (Å²) >= 11 is 0. The van der Waals surface area contributed by atoms with E-state index in [0.29, 0.717) is 18.8 Å². The highest BCUT2D eigenvalue weighted by molar-refractivity contribution is 5.98. The Morgan fingerprint density at radius 2 is 2.15 bits per heavy atom. The Hall–Kier alpha value is -2.31. The predicted molar refractivity (Wildman–Crippen MR) is 75.8 cm³/mol. The van der Waals surface area contributed by atoms with Crippen LogP contribution in [-0.2, 0) is 18.2 Å². The molecule has 7 heteroatoms. The van der Waals surface area contributed by atoms with Crippen LogP contribution >= 0.6 is 0 Å². The lowest BCUT2D eigenvalue weighted by molar-refractivity contribution is 0.0516. The molecule has 7 nitrogen and oxygen atoms in total. The van der Waals surface area contributed by atoms with Gasteiger partial charge in [-0.3, -0.25) is 5.32 Å². The highest BCUT2D eigenvalue weighted by Crippen LogP contribution is 2.17. The summed E-state index contributed by atoms with van der Waals surface area (Å²) in [6.07, 6.45) is 2.20. The Morgan fingerprint density at radius 1 is 1.45 bits per heavy atom. The van der Waals surface area contributed by atoms with Gasteiger partial charge in [-0.05, 0) is 6.92 Å². The number of aryl methyl sites for hydroxylation is 1. The van der Waals surface area contributed by atoms with E-state index in [1.54, 1.807) is 24.6 Å². The average Bonchev–Trinajstić information content (AvgIpc) is 2.72. The van der Waals surface area contributed by atoms with Gasteiger partial charge in [0.2, 0.25) is 0 Å². The molecule has 2 N–H and O–H groups in total. The first-order chi connectivity index (χ1) is 9.54. The second kappa shape index (κ2) is 7.32. The van der Waals surface area contributed by atoms with Crippen LogP contribution in [0.3, 0.4) is 0 Å². The third kappa shape index (κ3) is 3.59. The van der Waals surface area contributed by atoms with Crippen LogP contribution in [0.25, 0.3) is 0 Å². The van der Waals surface area contributed by atoms with E-state index in [4.69, 9.17) is 4.74 Å². The quantitative estimate of drug-likeness (QED) is 0.610. The Balaban J connectivity index is 3.01. The number of rotatable bonds is 6. The molecule has 0 fully saturated rings. The molecule has 0 radical (unpaired) electrons. The van der Waals surface area contributed by atoms with Crippen LogP contribution in [0.5, 0.6) is 0 Å². The maximum Gasteiger partial charge on any atom is 0.358 e. The van der Waals surface area contributed by atoms with Crippen molar-refractivity contribution >= 4 is 17.8 Å². The second-order valence-corrected chi connectivity index (χ2v) is 3.98. The number of carbonyl (C=O) groups excluding carboxylic acids is 2. The van der Waals surface area contributed by atoms with Crippen molar-refractivity contribution in [2.45, 2.75) is 20.3 Å². The lowest BCUT2D eigenvalue weighted by Gasteiger charge is -2.07. The maximum absolute atomic E-state index is 11.9. The minimum absolute atomic E-state index is 0.198. The molecule has 1 aromatic heterocycles. The zero-order chi connectivity index (χ0) is 15.1.